The van der Waals surface area contributed by atoms with E-state index in [4.69, 9.17) is 4.74 Å². The fourth-order valence-electron chi connectivity index (χ4n) is 2.35. The van der Waals surface area contributed by atoms with E-state index >= 15 is 0 Å². The van der Waals surface area contributed by atoms with E-state index in [0.29, 0.717) is 12.8 Å². The number of alkyl halides is 3. The van der Waals surface area contributed by atoms with Crippen LogP contribution in [0.25, 0.3) is 0 Å². The first-order chi connectivity index (χ1) is 11.2. The Kier molecular flexibility index (Phi) is 5.54. The largest absolute Gasteiger partial charge is 0.466 e. The topological polar surface area (TPSA) is 63.7 Å². The molecule has 0 saturated heterocycles. The van der Waals surface area contributed by atoms with Gasteiger partial charge in [-0.2, -0.15) is 17.5 Å². The molecule has 9 heteroatoms. The maximum Gasteiger partial charge on any atom is 0.417 e. The van der Waals surface area contributed by atoms with Crippen molar-refractivity contribution < 1.29 is 31.1 Å². The van der Waals surface area contributed by atoms with Crippen molar-refractivity contribution in [2.75, 3.05) is 13.2 Å². The molecule has 5 nitrogen and oxygen atoms in total. The molecule has 0 spiro atoms. The fourth-order valence-corrected chi connectivity index (χ4v) is 4.25. The number of esters is 1. The molecule has 0 N–H and O–H groups in total. The van der Waals surface area contributed by atoms with Crippen molar-refractivity contribution in [1.29, 1.82) is 0 Å². The van der Waals surface area contributed by atoms with E-state index in [1.807, 2.05) is 0 Å². The minimum Gasteiger partial charge on any atom is -0.466 e. The van der Waals surface area contributed by atoms with Crippen molar-refractivity contribution >= 4 is 16.0 Å². The number of hydrogen-bond donors (Lipinski definition) is 0. The zero-order valence-corrected chi connectivity index (χ0v) is 13.9. The quantitative estimate of drug-likeness (QED) is 0.697. The second-order valence-corrected chi connectivity index (χ2v) is 7.25. The van der Waals surface area contributed by atoms with E-state index in [0.717, 1.165) is 22.5 Å². The van der Waals surface area contributed by atoms with E-state index in [9.17, 15) is 26.4 Å². The average molecular weight is 365 g/mol. The number of hydrogen-bond acceptors (Lipinski definition) is 4. The van der Waals surface area contributed by atoms with Crippen LogP contribution in [-0.4, -0.2) is 37.9 Å². The molecule has 0 atom stereocenters. The Morgan fingerprint density at radius 1 is 1.29 bits per heavy atom. The predicted molar refractivity (Wildman–Crippen MR) is 79.6 cm³/mol. The van der Waals surface area contributed by atoms with Gasteiger partial charge in [0.05, 0.1) is 23.5 Å². The molecule has 0 radical (unpaired) electrons. The smallest absolute Gasteiger partial charge is 0.417 e. The fraction of sp³-hybridized carbons (Fsp3) is 0.533. The summed E-state index contributed by atoms with van der Waals surface area (Å²) in [5.74, 6) is -0.581. The van der Waals surface area contributed by atoms with Crippen LogP contribution in [0.4, 0.5) is 13.2 Å². The van der Waals surface area contributed by atoms with Crippen molar-refractivity contribution in [3.63, 3.8) is 0 Å². The Labute approximate surface area is 138 Å². The summed E-state index contributed by atoms with van der Waals surface area (Å²) in [7, 11) is -4.36. The first-order valence-corrected chi connectivity index (χ1v) is 8.95. The molecule has 1 aliphatic rings. The molecule has 0 heterocycles. The highest BCUT2D eigenvalue weighted by Gasteiger charge is 2.43. The summed E-state index contributed by atoms with van der Waals surface area (Å²) < 4.78 is 70.5. The van der Waals surface area contributed by atoms with E-state index < -0.39 is 32.6 Å². The second-order valence-electron chi connectivity index (χ2n) is 5.40. The molecule has 134 valence electrons. The van der Waals surface area contributed by atoms with E-state index in [2.05, 4.69) is 0 Å². The lowest BCUT2D eigenvalue weighted by molar-refractivity contribution is -0.143. The van der Waals surface area contributed by atoms with Crippen molar-refractivity contribution in [3.8, 4) is 0 Å². The number of halogens is 3. The first-order valence-electron chi connectivity index (χ1n) is 7.51. The molecular formula is C15H18F3NO4S. The monoisotopic (exact) mass is 365 g/mol. The van der Waals surface area contributed by atoms with Crippen LogP contribution in [0.2, 0.25) is 0 Å². The summed E-state index contributed by atoms with van der Waals surface area (Å²) in [6, 6.07) is 3.70. The third kappa shape index (κ3) is 4.27. The van der Waals surface area contributed by atoms with Gasteiger partial charge in [0.15, 0.2) is 0 Å². The molecule has 1 aromatic rings. The maximum absolute atomic E-state index is 13.1. The van der Waals surface area contributed by atoms with Gasteiger partial charge in [-0.15, -0.1) is 0 Å². The number of rotatable bonds is 7. The third-order valence-corrected chi connectivity index (χ3v) is 5.58. The molecule has 1 aliphatic carbocycles. The van der Waals surface area contributed by atoms with Crippen molar-refractivity contribution in [1.82, 2.24) is 4.31 Å². The molecule has 0 aromatic heterocycles. The SMILES string of the molecule is CCOC(=O)CCN(C1CC1)S(=O)(=O)c1ccccc1C(F)(F)F. The Morgan fingerprint density at radius 2 is 1.92 bits per heavy atom. The number of benzene rings is 1. The predicted octanol–water partition coefficient (Wildman–Crippen LogP) is 2.81. The van der Waals surface area contributed by atoms with Crippen molar-refractivity contribution in [2.45, 2.75) is 43.3 Å². The van der Waals surface area contributed by atoms with Crippen LogP contribution in [0.5, 0.6) is 0 Å². The number of carbonyl (C=O) groups is 1. The van der Waals surface area contributed by atoms with Gasteiger partial charge in [0, 0.05) is 12.6 Å². The van der Waals surface area contributed by atoms with Crippen LogP contribution < -0.4 is 0 Å². The minimum absolute atomic E-state index is 0.159. The van der Waals surface area contributed by atoms with Gasteiger partial charge >= 0.3 is 12.1 Å². The Morgan fingerprint density at radius 3 is 2.46 bits per heavy atom. The molecule has 1 saturated carbocycles. The van der Waals surface area contributed by atoms with Crippen LogP contribution in [0, 0.1) is 0 Å². The zero-order valence-electron chi connectivity index (χ0n) is 13.0. The summed E-state index contributed by atoms with van der Waals surface area (Å²) in [5, 5.41) is 0. The molecule has 24 heavy (non-hydrogen) atoms. The number of sulfonamides is 1. The van der Waals surface area contributed by atoms with E-state index in [-0.39, 0.29) is 25.6 Å². The number of carbonyl (C=O) groups excluding carboxylic acids is 1. The molecule has 0 unspecified atom stereocenters. The standard InChI is InChI=1S/C15H18F3NO4S/c1-2-23-14(20)9-10-19(11-7-8-11)24(21,22)13-6-4-3-5-12(13)15(16,17)18/h3-6,11H,2,7-10H2,1H3. The normalized spacial score (nSPS) is 15.5. The minimum atomic E-state index is -4.78. The molecule has 2 rings (SSSR count). The van der Waals surface area contributed by atoms with Gasteiger partial charge in [-0.1, -0.05) is 12.1 Å². The third-order valence-electron chi connectivity index (χ3n) is 3.57. The Bertz CT molecular complexity index is 699. The van der Waals surface area contributed by atoms with Gasteiger partial charge in [-0.25, -0.2) is 8.42 Å². The average Bonchev–Trinajstić information content (AvgIpc) is 3.31. The van der Waals surface area contributed by atoms with Crippen molar-refractivity contribution in [3.05, 3.63) is 29.8 Å². The summed E-state index contributed by atoms with van der Waals surface area (Å²) >= 11 is 0. The highest BCUT2D eigenvalue weighted by Crippen LogP contribution is 2.38. The molecular weight excluding hydrogens is 347 g/mol. The number of nitrogens with zero attached hydrogens (tertiary/aromatic N) is 1. The second kappa shape index (κ2) is 7.10. The highest BCUT2D eigenvalue weighted by molar-refractivity contribution is 7.89. The first kappa shape index (κ1) is 18.7. The summed E-state index contributed by atoms with van der Waals surface area (Å²) in [6.07, 6.45) is -3.84. The van der Waals surface area contributed by atoms with Crippen LogP contribution in [-0.2, 0) is 25.7 Å². The lowest BCUT2D eigenvalue weighted by Crippen LogP contribution is -2.36. The van der Waals surface area contributed by atoms with Crippen LogP contribution in [0.3, 0.4) is 0 Å². The van der Waals surface area contributed by atoms with E-state index in [1.54, 1.807) is 6.92 Å². The molecule has 1 aromatic carbocycles. The number of ether oxygens (including phenoxy) is 1. The molecule has 0 bridgehead atoms. The molecule has 0 aliphatic heterocycles. The van der Waals surface area contributed by atoms with Gasteiger partial charge in [0.2, 0.25) is 10.0 Å². The van der Waals surface area contributed by atoms with Gasteiger partial charge in [-0.05, 0) is 31.9 Å². The Balaban J connectivity index is 2.31. The van der Waals surface area contributed by atoms with Gasteiger partial charge in [0.25, 0.3) is 0 Å². The molecule has 1 fully saturated rings. The van der Waals surface area contributed by atoms with Crippen LogP contribution in [0.15, 0.2) is 29.2 Å². The van der Waals surface area contributed by atoms with Crippen LogP contribution in [0.1, 0.15) is 31.7 Å². The van der Waals surface area contributed by atoms with Crippen LogP contribution >= 0.6 is 0 Å². The highest BCUT2D eigenvalue weighted by atomic mass is 32.2. The van der Waals surface area contributed by atoms with Gasteiger partial charge < -0.3 is 4.74 Å². The van der Waals surface area contributed by atoms with Gasteiger partial charge in [-0.3, -0.25) is 4.79 Å². The summed E-state index contributed by atoms with van der Waals surface area (Å²) in [4.78, 5) is 10.7. The maximum atomic E-state index is 13.1. The van der Waals surface area contributed by atoms with Gasteiger partial charge in [0.1, 0.15) is 0 Å². The molecule has 0 amide bonds. The summed E-state index contributed by atoms with van der Waals surface area (Å²) in [5.41, 5.74) is -1.20. The Hall–Kier alpha value is -1.61. The van der Waals surface area contributed by atoms with E-state index in [1.165, 1.54) is 6.07 Å². The zero-order chi connectivity index (χ0) is 18.0. The lowest BCUT2D eigenvalue weighted by Gasteiger charge is -2.23. The summed E-state index contributed by atoms with van der Waals surface area (Å²) in [6.45, 7) is 1.58. The van der Waals surface area contributed by atoms with Crippen molar-refractivity contribution in [2.24, 2.45) is 0 Å². The lowest BCUT2D eigenvalue weighted by atomic mass is 10.2.